The molecule has 7 nitrogen and oxygen atoms in total. The lowest BCUT2D eigenvalue weighted by atomic mass is 9.69. The second-order valence-corrected chi connectivity index (χ2v) is 9.65. The molecule has 0 aromatic heterocycles. The molecular formula is C18H27ClO7S. The van der Waals surface area contributed by atoms with E-state index in [2.05, 4.69) is 0 Å². The first kappa shape index (κ1) is 23.5. The molecule has 0 atom stereocenters. The van der Waals surface area contributed by atoms with Gasteiger partial charge in [0, 0.05) is 16.1 Å². The van der Waals surface area contributed by atoms with E-state index in [9.17, 15) is 13.2 Å². The molecule has 0 saturated heterocycles. The van der Waals surface area contributed by atoms with Gasteiger partial charge in [-0.1, -0.05) is 33.8 Å². The van der Waals surface area contributed by atoms with Gasteiger partial charge in [0.25, 0.3) is 0 Å². The summed E-state index contributed by atoms with van der Waals surface area (Å²) in [5.74, 6) is 0.131. The molecule has 0 radical (unpaired) electrons. The maximum Gasteiger partial charge on any atom is 0.355 e. The van der Waals surface area contributed by atoms with Crippen LogP contribution in [0.4, 0.5) is 0 Å². The van der Waals surface area contributed by atoms with Crippen molar-refractivity contribution in [3.63, 3.8) is 0 Å². The van der Waals surface area contributed by atoms with E-state index >= 15 is 0 Å². The van der Waals surface area contributed by atoms with Gasteiger partial charge < -0.3 is 14.2 Å². The van der Waals surface area contributed by atoms with E-state index in [1.807, 2.05) is 20.8 Å². The Hall–Kier alpha value is -1.51. The normalized spacial score (nSPS) is 12.6. The SMILES string of the molecule is COc1ccc(C)c(OC)c1C(=O)OCC(C)(C)C(C)(C)COS(=O)(=O)Cl. The lowest BCUT2D eigenvalue weighted by Gasteiger charge is -2.40. The zero-order valence-corrected chi connectivity index (χ0v) is 18.3. The standard InChI is InChI=1S/C18H27ClO7S/c1-12-8-9-13(23-6)14(15(12)24-7)16(20)25-10-17(2,3)18(4,5)11-26-27(19,21)22/h8-9H,10-11H2,1-7H3. The number of benzene rings is 1. The molecule has 0 saturated carbocycles. The van der Waals surface area contributed by atoms with Gasteiger partial charge in [0.2, 0.25) is 0 Å². The molecule has 0 aliphatic carbocycles. The number of ether oxygens (including phenoxy) is 3. The van der Waals surface area contributed by atoms with Crippen LogP contribution in [0.15, 0.2) is 12.1 Å². The number of hydrogen-bond acceptors (Lipinski definition) is 7. The Balaban J connectivity index is 3.00. The number of carbonyl (C=O) groups is 1. The second kappa shape index (κ2) is 8.67. The molecule has 0 unspecified atom stereocenters. The third-order valence-electron chi connectivity index (χ3n) is 4.90. The average Bonchev–Trinajstić information content (AvgIpc) is 2.57. The smallest absolute Gasteiger partial charge is 0.355 e. The van der Waals surface area contributed by atoms with Gasteiger partial charge in [-0.05, 0) is 24.0 Å². The Kier molecular flexibility index (Phi) is 7.55. The third-order valence-corrected chi connectivity index (χ3v) is 5.57. The molecule has 1 aromatic rings. The predicted octanol–water partition coefficient (Wildman–Crippen LogP) is 3.72. The Morgan fingerprint density at radius 3 is 2.07 bits per heavy atom. The van der Waals surface area contributed by atoms with Crippen molar-refractivity contribution in [2.24, 2.45) is 10.8 Å². The summed E-state index contributed by atoms with van der Waals surface area (Å²) in [6.07, 6.45) is 0. The maximum atomic E-state index is 12.7. The van der Waals surface area contributed by atoms with Crippen LogP contribution in [0.1, 0.15) is 43.6 Å². The third kappa shape index (κ3) is 5.99. The zero-order chi connectivity index (χ0) is 21.0. The summed E-state index contributed by atoms with van der Waals surface area (Å²) >= 11 is 0. The largest absolute Gasteiger partial charge is 0.496 e. The Bertz CT molecular complexity index is 785. The molecule has 0 fully saturated rings. The minimum Gasteiger partial charge on any atom is -0.496 e. The Morgan fingerprint density at radius 2 is 1.59 bits per heavy atom. The summed E-state index contributed by atoms with van der Waals surface area (Å²) in [5.41, 5.74) is -0.302. The molecule has 0 N–H and O–H groups in total. The number of rotatable bonds is 9. The second-order valence-electron chi connectivity index (χ2n) is 7.49. The van der Waals surface area contributed by atoms with E-state index in [1.165, 1.54) is 14.2 Å². The first-order valence-corrected chi connectivity index (χ1v) is 10.5. The first-order chi connectivity index (χ1) is 12.3. The van der Waals surface area contributed by atoms with Crippen LogP contribution >= 0.6 is 10.7 Å². The van der Waals surface area contributed by atoms with E-state index in [-0.39, 0.29) is 18.8 Å². The van der Waals surface area contributed by atoms with Crippen molar-refractivity contribution < 1.29 is 31.6 Å². The van der Waals surface area contributed by atoms with Crippen molar-refractivity contribution in [1.29, 1.82) is 0 Å². The molecule has 0 aliphatic heterocycles. The van der Waals surface area contributed by atoms with E-state index in [0.29, 0.717) is 11.5 Å². The first-order valence-electron chi connectivity index (χ1n) is 8.23. The minimum absolute atomic E-state index is 0.0186. The number of methoxy groups -OCH3 is 2. The van der Waals surface area contributed by atoms with Gasteiger partial charge in [0.05, 0.1) is 27.4 Å². The molecule has 0 bridgehead atoms. The van der Waals surface area contributed by atoms with E-state index in [0.717, 1.165) is 5.56 Å². The van der Waals surface area contributed by atoms with Crippen LogP contribution in [-0.2, 0) is 18.3 Å². The van der Waals surface area contributed by atoms with Gasteiger partial charge >= 0.3 is 15.3 Å². The van der Waals surface area contributed by atoms with Gasteiger partial charge in [-0.25, -0.2) is 4.79 Å². The van der Waals surface area contributed by atoms with Crippen LogP contribution in [0.5, 0.6) is 11.5 Å². The average molecular weight is 423 g/mol. The fourth-order valence-corrected chi connectivity index (χ4v) is 2.79. The maximum absolute atomic E-state index is 12.7. The lowest BCUT2D eigenvalue weighted by molar-refractivity contribution is -0.0173. The predicted molar refractivity (Wildman–Crippen MR) is 103 cm³/mol. The summed E-state index contributed by atoms with van der Waals surface area (Å²) in [4.78, 5) is 12.7. The van der Waals surface area contributed by atoms with Gasteiger partial charge in [-0.15, -0.1) is 0 Å². The molecular weight excluding hydrogens is 396 g/mol. The van der Waals surface area contributed by atoms with Gasteiger partial charge in [0.15, 0.2) is 0 Å². The fourth-order valence-electron chi connectivity index (χ4n) is 2.22. The summed E-state index contributed by atoms with van der Waals surface area (Å²) in [6.45, 7) is 8.97. The van der Waals surface area contributed by atoms with Crippen molar-refractivity contribution in [3.8, 4) is 11.5 Å². The van der Waals surface area contributed by atoms with Gasteiger partial charge in [-0.2, -0.15) is 8.42 Å². The fraction of sp³-hybridized carbons (Fsp3) is 0.611. The highest BCUT2D eigenvalue weighted by Crippen LogP contribution is 2.40. The number of carbonyl (C=O) groups excluding carboxylic acids is 1. The number of esters is 1. The molecule has 0 amide bonds. The Morgan fingerprint density at radius 1 is 1.04 bits per heavy atom. The molecule has 0 heterocycles. The molecule has 1 rings (SSSR count). The molecule has 0 aliphatic rings. The van der Waals surface area contributed by atoms with Gasteiger partial charge in [-0.3, -0.25) is 4.18 Å². The summed E-state index contributed by atoms with van der Waals surface area (Å²) in [6, 6.07) is 3.45. The lowest BCUT2D eigenvalue weighted by Crippen LogP contribution is -2.41. The number of halogens is 1. The summed E-state index contributed by atoms with van der Waals surface area (Å²) in [5, 5.41) is 0. The highest BCUT2D eigenvalue weighted by Gasteiger charge is 2.40. The number of aryl methyl sites for hydroxylation is 1. The quantitative estimate of drug-likeness (QED) is 0.442. The number of hydrogen-bond donors (Lipinski definition) is 0. The Labute approximate surface area is 165 Å². The molecule has 1 aromatic carbocycles. The highest BCUT2D eigenvalue weighted by atomic mass is 35.7. The summed E-state index contributed by atoms with van der Waals surface area (Å²) < 4.78 is 42.9. The van der Waals surface area contributed by atoms with Crippen molar-refractivity contribution in [3.05, 3.63) is 23.3 Å². The molecule has 9 heteroatoms. The van der Waals surface area contributed by atoms with Crippen molar-refractivity contribution in [1.82, 2.24) is 0 Å². The highest BCUT2D eigenvalue weighted by molar-refractivity contribution is 8.09. The summed E-state index contributed by atoms with van der Waals surface area (Å²) in [7, 11) is 3.96. The zero-order valence-electron chi connectivity index (χ0n) is 16.7. The van der Waals surface area contributed by atoms with Crippen LogP contribution in [-0.4, -0.2) is 41.8 Å². The molecule has 27 heavy (non-hydrogen) atoms. The van der Waals surface area contributed by atoms with Crippen molar-refractivity contribution in [2.45, 2.75) is 34.6 Å². The minimum atomic E-state index is -4.08. The van der Waals surface area contributed by atoms with Crippen molar-refractivity contribution >= 4 is 26.0 Å². The molecule has 154 valence electrons. The van der Waals surface area contributed by atoms with Crippen LogP contribution in [0.25, 0.3) is 0 Å². The van der Waals surface area contributed by atoms with Crippen LogP contribution in [0, 0.1) is 17.8 Å². The van der Waals surface area contributed by atoms with E-state index in [1.54, 1.807) is 26.0 Å². The topological polar surface area (TPSA) is 88.1 Å². The molecule has 0 spiro atoms. The van der Waals surface area contributed by atoms with Crippen LogP contribution in [0.2, 0.25) is 0 Å². The van der Waals surface area contributed by atoms with Crippen molar-refractivity contribution in [2.75, 3.05) is 27.4 Å². The van der Waals surface area contributed by atoms with Gasteiger partial charge in [0.1, 0.15) is 17.1 Å². The van der Waals surface area contributed by atoms with Crippen LogP contribution < -0.4 is 9.47 Å². The van der Waals surface area contributed by atoms with Crippen LogP contribution in [0.3, 0.4) is 0 Å². The van der Waals surface area contributed by atoms with E-state index in [4.69, 9.17) is 29.1 Å². The monoisotopic (exact) mass is 422 g/mol. The van der Waals surface area contributed by atoms with E-state index < -0.39 is 26.1 Å².